The lowest BCUT2D eigenvalue weighted by Crippen LogP contribution is -2.39. The van der Waals surface area contributed by atoms with Gasteiger partial charge in [-0.2, -0.15) is 8.42 Å². The van der Waals surface area contributed by atoms with Gasteiger partial charge in [0, 0.05) is 18.6 Å². The molecule has 6 heteroatoms. The van der Waals surface area contributed by atoms with Crippen molar-refractivity contribution in [3.8, 4) is 0 Å². The fraction of sp³-hybridized carbons (Fsp3) is 1.00. The van der Waals surface area contributed by atoms with Crippen molar-refractivity contribution in [2.75, 3.05) is 25.6 Å². The van der Waals surface area contributed by atoms with E-state index >= 15 is 0 Å². The van der Waals surface area contributed by atoms with Gasteiger partial charge in [-0.25, -0.2) is 0 Å². The fourth-order valence-electron chi connectivity index (χ4n) is 1.92. The summed E-state index contributed by atoms with van der Waals surface area (Å²) in [5.41, 5.74) is -0.597. The molecule has 0 bridgehead atoms. The molecule has 1 fully saturated rings. The van der Waals surface area contributed by atoms with Gasteiger partial charge in [0.15, 0.2) is 0 Å². The molecule has 0 aromatic rings. The standard InChI is InChI=1S/C8H16O5S/c9-4-3-8(7-14(10,11)12)2-1-5-13-6-8/h9H,1-7H2,(H,10,11,12)/t8-/m1/s1. The van der Waals surface area contributed by atoms with E-state index in [9.17, 15) is 8.42 Å². The Balaban J connectivity index is 2.70. The molecule has 5 nitrogen and oxygen atoms in total. The first-order chi connectivity index (χ1) is 6.47. The lowest BCUT2D eigenvalue weighted by atomic mass is 9.82. The summed E-state index contributed by atoms with van der Waals surface area (Å²) in [6.07, 6.45) is 1.80. The highest BCUT2D eigenvalue weighted by atomic mass is 32.2. The maximum Gasteiger partial charge on any atom is 0.265 e. The van der Waals surface area contributed by atoms with Crippen molar-refractivity contribution in [2.24, 2.45) is 5.41 Å². The van der Waals surface area contributed by atoms with Crippen molar-refractivity contribution in [1.82, 2.24) is 0 Å². The van der Waals surface area contributed by atoms with Gasteiger partial charge in [-0.05, 0) is 19.3 Å². The highest BCUT2D eigenvalue weighted by molar-refractivity contribution is 7.85. The molecule has 1 heterocycles. The van der Waals surface area contributed by atoms with E-state index in [2.05, 4.69) is 0 Å². The summed E-state index contributed by atoms with van der Waals surface area (Å²) < 4.78 is 35.6. The van der Waals surface area contributed by atoms with Crippen molar-refractivity contribution in [1.29, 1.82) is 0 Å². The Kier molecular flexibility index (Phi) is 3.88. The minimum absolute atomic E-state index is 0.0844. The molecule has 0 amide bonds. The van der Waals surface area contributed by atoms with E-state index in [0.717, 1.165) is 6.42 Å². The molecule has 1 rings (SSSR count). The summed E-state index contributed by atoms with van der Waals surface area (Å²) in [5.74, 6) is -0.319. The average molecular weight is 224 g/mol. The second-order valence-electron chi connectivity index (χ2n) is 3.86. The summed E-state index contributed by atoms with van der Waals surface area (Å²) in [4.78, 5) is 0. The smallest absolute Gasteiger partial charge is 0.265 e. The largest absolute Gasteiger partial charge is 0.396 e. The Morgan fingerprint density at radius 3 is 2.57 bits per heavy atom. The average Bonchev–Trinajstić information content (AvgIpc) is 2.02. The van der Waals surface area contributed by atoms with Crippen LogP contribution >= 0.6 is 0 Å². The molecule has 0 saturated carbocycles. The first-order valence-corrected chi connectivity index (χ1v) is 6.22. The Morgan fingerprint density at radius 1 is 1.43 bits per heavy atom. The molecule has 1 aliphatic heterocycles. The van der Waals surface area contributed by atoms with Crippen molar-refractivity contribution in [3.05, 3.63) is 0 Å². The van der Waals surface area contributed by atoms with Crippen LogP contribution in [0.4, 0.5) is 0 Å². The normalized spacial score (nSPS) is 29.0. The van der Waals surface area contributed by atoms with Gasteiger partial charge in [0.05, 0.1) is 12.4 Å². The van der Waals surface area contributed by atoms with Crippen LogP contribution in [0.5, 0.6) is 0 Å². The van der Waals surface area contributed by atoms with Crippen LogP contribution in [0.25, 0.3) is 0 Å². The lowest BCUT2D eigenvalue weighted by molar-refractivity contribution is -0.00848. The molecule has 0 unspecified atom stereocenters. The first kappa shape index (κ1) is 11.9. The molecular weight excluding hydrogens is 208 g/mol. The topological polar surface area (TPSA) is 83.8 Å². The number of hydrogen-bond donors (Lipinski definition) is 2. The van der Waals surface area contributed by atoms with Crippen LogP contribution < -0.4 is 0 Å². The lowest BCUT2D eigenvalue weighted by Gasteiger charge is -2.35. The zero-order chi connectivity index (χ0) is 10.7. The number of hydrogen-bond acceptors (Lipinski definition) is 4. The predicted octanol–water partition coefficient (Wildman–Crippen LogP) is 0.0534. The Bertz CT molecular complexity index is 260. The second-order valence-corrected chi connectivity index (χ2v) is 5.31. The zero-order valence-corrected chi connectivity index (χ0v) is 8.79. The van der Waals surface area contributed by atoms with E-state index in [1.807, 2.05) is 0 Å². The van der Waals surface area contributed by atoms with Gasteiger partial charge < -0.3 is 9.84 Å². The molecule has 0 aromatic carbocycles. The maximum atomic E-state index is 10.8. The van der Waals surface area contributed by atoms with Gasteiger partial charge in [-0.3, -0.25) is 4.55 Å². The summed E-state index contributed by atoms with van der Waals surface area (Å²) in [6, 6.07) is 0. The summed E-state index contributed by atoms with van der Waals surface area (Å²) >= 11 is 0. The van der Waals surface area contributed by atoms with Gasteiger partial charge in [-0.1, -0.05) is 0 Å². The van der Waals surface area contributed by atoms with Crippen molar-refractivity contribution < 1.29 is 22.8 Å². The van der Waals surface area contributed by atoms with Crippen LogP contribution in [0.2, 0.25) is 0 Å². The van der Waals surface area contributed by atoms with E-state index in [1.54, 1.807) is 0 Å². The highest BCUT2D eigenvalue weighted by Crippen LogP contribution is 2.33. The van der Waals surface area contributed by atoms with Crippen molar-refractivity contribution >= 4 is 10.1 Å². The molecule has 0 aliphatic carbocycles. The SMILES string of the molecule is O=S(=O)(O)C[C@@]1(CCO)CCCOC1. The predicted molar refractivity (Wildman–Crippen MR) is 50.6 cm³/mol. The molecular formula is C8H16O5S. The molecule has 1 atom stereocenters. The summed E-state index contributed by atoms with van der Waals surface area (Å²) in [5, 5.41) is 8.85. The zero-order valence-electron chi connectivity index (χ0n) is 7.98. The molecule has 84 valence electrons. The highest BCUT2D eigenvalue weighted by Gasteiger charge is 2.36. The molecule has 0 spiro atoms. The second kappa shape index (κ2) is 4.57. The molecule has 1 aliphatic rings. The van der Waals surface area contributed by atoms with Gasteiger partial charge in [-0.15, -0.1) is 0 Å². The molecule has 1 saturated heterocycles. The van der Waals surface area contributed by atoms with Crippen LogP contribution in [0.1, 0.15) is 19.3 Å². The number of aliphatic hydroxyl groups excluding tert-OH is 1. The third-order valence-corrected chi connectivity index (χ3v) is 3.51. The third-order valence-electron chi connectivity index (χ3n) is 2.53. The minimum Gasteiger partial charge on any atom is -0.396 e. The molecule has 0 radical (unpaired) electrons. The van der Waals surface area contributed by atoms with E-state index in [-0.39, 0.29) is 12.4 Å². The summed E-state index contributed by atoms with van der Waals surface area (Å²) in [6.45, 7) is 0.838. The minimum atomic E-state index is -4.00. The maximum absolute atomic E-state index is 10.8. The molecule has 14 heavy (non-hydrogen) atoms. The van der Waals surface area contributed by atoms with Crippen molar-refractivity contribution in [3.63, 3.8) is 0 Å². The Hall–Kier alpha value is -0.170. The first-order valence-electron chi connectivity index (χ1n) is 4.61. The van der Waals surface area contributed by atoms with Gasteiger partial charge >= 0.3 is 0 Å². The van der Waals surface area contributed by atoms with Crippen LogP contribution in [-0.2, 0) is 14.9 Å². The van der Waals surface area contributed by atoms with Gasteiger partial charge in [0.1, 0.15) is 0 Å². The van der Waals surface area contributed by atoms with Crippen molar-refractivity contribution in [2.45, 2.75) is 19.3 Å². The number of aliphatic hydroxyl groups is 1. The number of rotatable bonds is 4. The quantitative estimate of drug-likeness (QED) is 0.659. The fourth-order valence-corrected chi connectivity index (χ4v) is 3.06. The van der Waals surface area contributed by atoms with Crippen LogP contribution in [-0.4, -0.2) is 43.7 Å². The van der Waals surface area contributed by atoms with Gasteiger partial charge in [0.25, 0.3) is 10.1 Å². The Morgan fingerprint density at radius 2 is 2.14 bits per heavy atom. The summed E-state index contributed by atoms with van der Waals surface area (Å²) in [7, 11) is -4.00. The monoisotopic (exact) mass is 224 g/mol. The van der Waals surface area contributed by atoms with E-state index in [4.69, 9.17) is 14.4 Å². The van der Waals surface area contributed by atoms with Crippen LogP contribution in [0.3, 0.4) is 0 Å². The van der Waals surface area contributed by atoms with Crippen LogP contribution in [0, 0.1) is 5.41 Å². The molecule has 0 aromatic heterocycles. The van der Waals surface area contributed by atoms with E-state index in [0.29, 0.717) is 26.1 Å². The van der Waals surface area contributed by atoms with Crippen LogP contribution in [0.15, 0.2) is 0 Å². The Labute approximate surface area is 83.8 Å². The number of ether oxygens (including phenoxy) is 1. The van der Waals surface area contributed by atoms with Gasteiger partial charge in [0.2, 0.25) is 0 Å². The molecule has 2 N–H and O–H groups in total. The van der Waals surface area contributed by atoms with E-state index < -0.39 is 15.5 Å². The van der Waals surface area contributed by atoms with E-state index in [1.165, 1.54) is 0 Å². The third kappa shape index (κ3) is 3.53.